The Hall–Kier alpha value is -2.11. The molecule has 2 rings (SSSR count). The second-order valence-corrected chi connectivity index (χ2v) is 4.46. The van der Waals surface area contributed by atoms with Gasteiger partial charge in [0, 0.05) is 24.4 Å². The molecule has 0 saturated heterocycles. The van der Waals surface area contributed by atoms with Crippen molar-refractivity contribution in [2.24, 2.45) is 0 Å². The lowest BCUT2D eigenvalue weighted by molar-refractivity contribution is -0.136. The Labute approximate surface area is 110 Å². The average Bonchev–Trinajstić information content (AvgIpc) is 2.78. The van der Waals surface area contributed by atoms with Crippen LogP contribution in [0.5, 0.6) is 0 Å². The van der Waals surface area contributed by atoms with Crippen LogP contribution in [0, 0.1) is 0 Å². The molecule has 0 aliphatic rings. The zero-order chi connectivity index (χ0) is 14.0. The first-order chi connectivity index (χ1) is 9.06. The van der Waals surface area contributed by atoms with Crippen molar-refractivity contribution in [3.8, 4) is 0 Å². The van der Waals surface area contributed by atoms with Crippen molar-refractivity contribution in [2.75, 3.05) is 0 Å². The van der Waals surface area contributed by atoms with Crippen molar-refractivity contribution < 1.29 is 9.90 Å². The Morgan fingerprint density at radius 3 is 2.68 bits per heavy atom. The summed E-state index contributed by atoms with van der Waals surface area (Å²) in [5, 5.41) is 13.2. The van der Waals surface area contributed by atoms with Gasteiger partial charge < -0.3 is 9.67 Å². The third kappa shape index (κ3) is 2.52. The van der Waals surface area contributed by atoms with E-state index in [1.165, 1.54) is 10.6 Å². The minimum absolute atomic E-state index is 0.154. The van der Waals surface area contributed by atoms with E-state index in [1.54, 1.807) is 0 Å². The molecule has 6 heteroatoms. The highest BCUT2D eigenvalue weighted by Crippen LogP contribution is 2.10. The van der Waals surface area contributed by atoms with Crippen molar-refractivity contribution in [3.63, 3.8) is 0 Å². The Balaban J connectivity index is 2.71. The topological polar surface area (TPSA) is 76.6 Å². The van der Waals surface area contributed by atoms with E-state index in [-0.39, 0.29) is 12.0 Å². The molecule has 0 spiro atoms. The molecule has 1 N–H and O–H groups in total. The Bertz CT molecular complexity index is 670. The van der Waals surface area contributed by atoms with Crippen LogP contribution in [0.25, 0.3) is 5.65 Å². The Kier molecular flexibility index (Phi) is 3.69. The lowest BCUT2D eigenvalue weighted by Gasteiger charge is -2.12. The molecule has 0 saturated carbocycles. The van der Waals surface area contributed by atoms with Crippen molar-refractivity contribution in [1.82, 2.24) is 14.2 Å². The van der Waals surface area contributed by atoms with Crippen LogP contribution < -0.4 is 5.56 Å². The fourth-order valence-electron chi connectivity index (χ4n) is 2.16. The second kappa shape index (κ2) is 5.26. The molecule has 0 aliphatic heterocycles. The van der Waals surface area contributed by atoms with E-state index in [4.69, 9.17) is 5.11 Å². The number of hydrogen-bond donors (Lipinski definition) is 1. The molecule has 6 nitrogen and oxygen atoms in total. The van der Waals surface area contributed by atoms with Crippen LogP contribution in [-0.2, 0) is 24.2 Å². The number of aromatic nitrogens is 3. The third-order valence-electron chi connectivity index (χ3n) is 3.01. The van der Waals surface area contributed by atoms with Crippen LogP contribution in [0.3, 0.4) is 0 Å². The van der Waals surface area contributed by atoms with E-state index in [2.05, 4.69) is 5.10 Å². The van der Waals surface area contributed by atoms with Gasteiger partial charge in [0.15, 0.2) is 0 Å². The summed E-state index contributed by atoms with van der Waals surface area (Å²) in [6, 6.07) is 3.21. The van der Waals surface area contributed by atoms with Crippen molar-refractivity contribution in [1.29, 1.82) is 0 Å². The van der Waals surface area contributed by atoms with Gasteiger partial charge in [0.25, 0.3) is 5.56 Å². The maximum atomic E-state index is 12.0. The van der Waals surface area contributed by atoms with Gasteiger partial charge in [-0.25, -0.2) is 0 Å². The van der Waals surface area contributed by atoms with Crippen LogP contribution in [0.1, 0.15) is 31.7 Å². The molecule has 19 heavy (non-hydrogen) atoms. The first-order valence-corrected chi connectivity index (χ1v) is 6.40. The summed E-state index contributed by atoms with van der Waals surface area (Å²) < 4.78 is 3.21. The van der Waals surface area contributed by atoms with E-state index < -0.39 is 5.97 Å². The molecule has 0 amide bonds. The van der Waals surface area contributed by atoms with E-state index in [9.17, 15) is 9.59 Å². The predicted octanol–water partition coefficient (Wildman–Crippen LogP) is 1.10. The highest BCUT2D eigenvalue weighted by atomic mass is 16.4. The molecule has 2 heterocycles. The number of nitrogens with zero attached hydrogens (tertiary/aromatic N) is 3. The van der Waals surface area contributed by atoms with Gasteiger partial charge >= 0.3 is 5.97 Å². The molecule has 2 aromatic rings. The number of carboxylic acids is 1. The molecule has 0 aliphatic carbocycles. The van der Waals surface area contributed by atoms with Gasteiger partial charge in [0.2, 0.25) is 0 Å². The number of rotatable bonds is 5. The van der Waals surface area contributed by atoms with Gasteiger partial charge in [-0.05, 0) is 12.8 Å². The zero-order valence-corrected chi connectivity index (χ0v) is 11.1. The maximum Gasteiger partial charge on any atom is 0.309 e. The van der Waals surface area contributed by atoms with Crippen LogP contribution >= 0.6 is 0 Å². The van der Waals surface area contributed by atoms with E-state index in [0.717, 1.165) is 18.5 Å². The lowest BCUT2D eigenvalue weighted by atomic mass is 10.2. The maximum absolute atomic E-state index is 12.0. The molecule has 2 aromatic heterocycles. The van der Waals surface area contributed by atoms with Gasteiger partial charge in [0.05, 0.1) is 12.1 Å². The van der Waals surface area contributed by atoms with E-state index >= 15 is 0 Å². The summed E-state index contributed by atoms with van der Waals surface area (Å²) in [7, 11) is 0. The fourth-order valence-corrected chi connectivity index (χ4v) is 2.16. The number of aryl methyl sites for hydroxylation is 2. The highest BCUT2D eigenvalue weighted by molar-refractivity contribution is 5.69. The largest absolute Gasteiger partial charge is 0.481 e. The van der Waals surface area contributed by atoms with Gasteiger partial charge in [-0.1, -0.05) is 13.8 Å². The van der Waals surface area contributed by atoms with Gasteiger partial charge in [-0.2, -0.15) is 9.61 Å². The summed E-state index contributed by atoms with van der Waals surface area (Å²) in [5.41, 5.74) is 1.74. The SMILES string of the molecule is CCCn1c(CC(=O)O)cc(=O)n2nc(CC)cc12. The normalized spacial score (nSPS) is 11.1. The molecule has 0 aromatic carbocycles. The number of hydrogen-bond acceptors (Lipinski definition) is 3. The third-order valence-corrected chi connectivity index (χ3v) is 3.01. The molecular weight excluding hydrogens is 246 g/mol. The average molecular weight is 263 g/mol. The Morgan fingerprint density at radius 2 is 2.11 bits per heavy atom. The van der Waals surface area contributed by atoms with Gasteiger partial charge in [-0.15, -0.1) is 0 Å². The van der Waals surface area contributed by atoms with E-state index in [0.29, 0.717) is 17.9 Å². The number of carbonyl (C=O) groups is 1. The summed E-state index contributed by atoms with van der Waals surface area (Å²) in [5.74, 6) is -0.941. The van der Waals surface area contributed by atoms with Crippen LogP contribution in [-0.4, -0.2) is 25.3 Å². The fraction of sp³-hybridized carbons (Fsp3) is 0.462. The molecular formula is C13H17N3O3. The highest BCUT2D eigenvalue weighted by Gasteiger charge is 2.13. The van der Waals surface area contributed by atoms with Gasteiger partial charge in [-0.3, -0.25) is 9.59 Å². The second-order valence-electron chi connectivity index (χ2n) is 4.46. The summed E-state index contributed by atoms with van der Waals surface area (Å²) in [4.78, 5) is 22.9. The first kappa shape index (κ1) is 13.3. The van der Waals surface area contributed by atoms with Crippen molar-refractivity contribution in [2.45, 2.75) is 39.7 Å². The van der Waals surface area contributed by atoms with Crippen molar-refractivity contribution >= 4 is 11.6 Å². The summed E-state index contributed by atoms with van der Waals surface area (Å²) in [6.07, 6.45) is 1.44. The quantitative estimate of drug-likeness (QED) is 0.876. The molecule has 102 valence electrons. The molecule has 0 atom stereocenters. The molecule has 0 bridgehead atoms. The molecule has 0 unspecified atom stereocenters. The number of carboxylic acid groups (broad SMARTS) is 1. The molecule has 0 radical (unpaired) electrons. The van der Waals surface area contributed by atoms with Crippen molar-refractivity contribution in [3.05, 3.63) is 33.9 Å². The van der Waals surface area contributed by atoms with E-state index in [1.807, 2.05) is 24.5 Å². The minimum atomic E-state index is -0.941. The minimum Gasteiger partial charge on any atom is -0.481 e. The zero-order valence-electron chi connectivity index (χ0n) is 11.1. The monoisotopic (exact) mass is 263 g/mol. The first-order valence-electron chi connectivity index (χ1n) is 6.40. The molecule has 0 fully saturated rings. The van der Waals surface area contributed by atoms with Gasteiger partial charge in [0.1, 0.15) is 5.65 Å². The standard InChI is InChI=1S/C13H17N3O3/c1-3-5-15-10(8-13(18)19)7-12(17)16-11(15)6-9(4-2)14-16/h6-7H,3-5,8H2,1-2H3,(H,18,19). The van der Waals surface area contributed by atoms with Crippen LogP contribution in [0.4, 0.5) is 0 Å². The van der Waals surface area contributed by atoms with Crippen LogP contribution in [0.2, 0.25) is 0 Å². The lowest BCUT2D eigenvalue weighted by Crippen LogP contribution is -2.22. The van der Waals surface area contributed by atoms with Crippen LogP contribution in [0.15, 0.2) is 16.9 Å². The summed E-state index contributed by atoms with van der Waals surface area (Å²) >= 11 is 0. The predicted molar refractivity (Wildman–Crippen MR) is 70.5 cm³/mol. The number of aliphatic carboxylic acids is 1. The Morgan fingerprint density at radius 1 is 1.37 bits per heavy atom. The summed E-state index contributed by atoms with van der Waals surface area (Å²) in [6.45, 7) is 4.64. The smallest absolute Gasteiger partial charge is 0.309 e. The number of fused-ring (bicyclic) bond motifs is 1.